The Morgan fingerprint density at radius 1 is 1.18 bits per heavy atom. The monoisotopic (exact) mass is 323 g/mol. The highest BCUT2D eigenvalue weighted by Gasteiger charge is 2.29. The fraction of sp³-hybridized carbons (Fsp3) is 0.400. The molecule has 0 bridgehead atoms. The van der Waals surface area contributed by atoms with Crippen LogP contribution in [0.1, 0.15) is 37.8 Å². The van der Waals surface area contributed by atoms with E-state index in [1.165, 1.54) is 6.92 Å². The molecule has 1 unspecified atom stereocenters. The standard InChI is InChI=1S/C15H18ClN3O3/c1-9(20)17-13(10-4-6-12(16)7-5-10)8-14(21)18-19-15(22)11-2-3-11/h4-7,11,13H,2-3,8H2,1H3,(H,17,20)(H,18,21)(H,19,22). The number of benzene rings is 1. The summed E-state index contributed by atoms with van der Waals surface area (Å²) in [5, 5.41) is 3.29. The van der Waals surface area contributed by atoms with Gasteiger partial charge >= 0.3 is 0 Å². The highest BCUT2D eigenvalue weighted by atomic mass is 35.5. The van der Waals surface area contributed by atoms with Gasteiger partial charge in [0.05, 0.1) is 12.5 Å². The van der Waals surface area contributed by atoms with Crippen molar-refractivity contribution in [2.75, 3.05) is 0 Å². The van der Waals surface area contributed by atoms with Crippen molar-refractivity contribution in [1.29, 1.82) is 0 Å². The minimum atomic E-state index is -0.479. The maximum atomic E-state index is 11.9. The van der Waals surface area contributed by atoms with Crippen LogP contribution in [-0.4, -0.2) is 17.7 Å². The number of nitrogens with one attached hydrogen (secondary N) is 3. The lowest BCUT2D eigenvalue weighted by Gasteiger charge is -2.18. The van der Waals surface area contributed by atoms with Crippen LogP contribution in [0.25, 0.3) is 0 Å². The van der Waals surface area contributed by atoms with Gasteiger partial charge in [0.25, 0.3) is 0 Å². The molecular formula is C15H18ClN3O3. The smallest absolute Gasteiger partial charge is 0.241 e. The number of rotatable bonds is 5. The van der Waals surface area contributed by atoms with Crippen LogP contribution < -0.4 is 16.2 Å². The molecule has 0 aromatic heterocycles. The topological polar surface area (TPSA) is 87.3 Å². The molecule has 1 aromatic carbocycles. The van der Waals surface area contributed by atoms with Crippen molar-refractivity contribution in [3.05, 3.63) is 34.9 Å². The summed E-state index contributed by atoms with van der Waals surface area (Å²) in [6.07, 6.45) is 1.74. The lowest BCUT2D eigenvalue weighted by Crippen LogP contribution is -2.44. The molecule has 1 aromatic rings. The highest BCUT2D eigenvalue weighted by molar-refractivity contribution is 6.30. The van der Waals surface area contributed by atoms with E-state index in [2.05, 4.69) is 16.2 Å². The van der Waals surface area contributed by atoms with Gasteiger partial charge in [-0.25, -0.2) is 0 Å². The Morgan fingerprint density at radius 2 is 1.82 bits per heavy atom. The molecule has 0 saturated heterocycles. The summed E-state index contributed by atoms with van der Waals surface area (Å²) in [5.41, 5.74) is 5.53. The normalized spacial score (nSPS) is 14.8. The van der Waals surface area contributed by atoms with Gasteiger partial charge in [0.1, 0.15) is 0 Å². The van der Waals surface area contributed by atoms with Crippen LogP contribution in [0.5, 0.6) is 0 Å². The summed E-state index contributed by atoms with van der Waals surface area (Å²) < 4.78 is 0. The second kappa shape index (κ2) is 7.26. The molecule has 3 amide bonds. The zero-order valence-electron chi connectivity index (χ0n) is 12.2. The molecule has 1 aliphatic rings. The van der Waals surface area contributed by atoms with Crippen LogP contribution in [0.15, 0.2) is 24.3 Å². The van der Waals surface area contributed by atoms with E-state index in [-0.39, 0.29) is 30.1 Å². The fourth-order valence-electron chi connectivity index (χ4n) is 2.01. The molecule has 1 saturated carbocycles. The molecule has 7 heteroatoms. The third-order valence-electron chi connectivity index (χ3n) is 3.31. The Bertz CT molecular complexity index is 570. The van der Waals surface area contributed by atoms with Crippen molar-refractivity contribution in [3.63, 3.8) is 0 Å². The Labute approximate surface area is 133 Å². The summed E-state index contributed by atoms with van der Waals surface area (Å²) in [6.45, 7) is 1.38. The Morgan fingerprint density at radius 3 is 2.36 bits per heavy atom. The number of hydrazine groups is 1. The second-order valence-corrected chi connectivity index (χ2v) is 5.76. The summed E-state index contributed by atoms with van der Waals surface area (Å²) in [7, 11) is 0. The number of amides is 3. The third kappa shape index (κ3) is 5.04. The number of hydrogen-bond donors (Lipinski definition) is 3. The molecule has 3 N–H and O–H groups in total. The summed E-state index contributed by atoms with van der Waals surface area (Å²) in [6, 6.07) is 6.40. The van der Waals surface area contributed by atoms with E-state index in [9.17, 15) is 14.4 Å². The first kappa shape index (κ1) is 16.3. The maximum absolute atomic E-state index is 11.9. The molecule has 0 aliphatic heterocycles. The highest BCUT2D eigenvalue weighted by Crippen LogP contribution is 2.28. The van der Waals surface area contributed by atoms with Gasteiger partial charge in [0.2, 0.25) is 17.7 Å². The van der Waals surface area contributed by atoms with Gasteiger partial charge in [-0.2, -0.15) is 0 Å². The first-order valence-corrected chi connectivity index (χ1v) is 7.45. The van der Waals surface area contributed by atoms with Gasteiger partial charge in [-0.3, -0.25) is 25.2 Å². The number of carbonyl (C=O) groups excluding carboxylic acids is 3. The number of hydrogen-bond acceptors (Lipinski definition) is 3. The quantitative estimate of drug-likeness (QED) is 0.717. The van der Waals surface area contributed by atoms with Gasteiger partial charge in [-0.1, -0.05) is 23.7 Å². The molecule has 1 fully saturated rings. The lowest BCUT2D eigenvalue weighted by molar-refractivity contribution is -0.130. The van der Waals surface area contributed by atoms with Gasteiger partial charge < -0.3 is 5.32 Å². The van der Waals surface area contributed by atoms with Crippen LogP contribution in [0.2, 0.25) is 5.02 Å². The van der Waals surface area contributed by atoms with Crippen molar-refractivity contribution in [1.82, 2.24) is 16.2 Å². The van der Waals surface area contributed by atoms with E-state index in [1.807, 2.05) is 0 Å². The molecule has 2 rings (SSSR count). The molecule has 118 valence electrons. The van der Waals surface area contributed by atoms with Gasteiger partial charge in [-0.05, 0) is 30.5 Å². The largest absolute Gasteiger partial charge is 0.349 e. The third-order valence-corrected chi connectivity index (χ3v) is 3.56. The average molecular weight is 324 g/mol. The molecule has 22 heavy (non-hydrogen) atoms. The average Bonchev–Trinajstić information content (AvgIpc) is 3.29. The van der Waals surface area contributed by atoms with Crippen LogP contribution in [-0.2, 0) is 14.4 Å². The van der Waals surface area contributed by atoms with Crippen molar-refractivity contribution in [2.45, 2.75) is 32.2 Å². The Balaban J connectivity index is 1.93. The lowest BCUT2D eigenvalue weighted by atomic mass is 10.0. The van der Waals surface area contributed by atoms with Crippen molar-refractivity contribution >= 4 is 29.3 Å². The SMILES string of the molecule is CC(=O)NC(CC(=O)NNC(=O)C1CC1)c1ccc(Cl)cc1. The number of halogens is 1. The zero-order chi connectivity index (χ0) is 16.1. The molecule has 1 aliphatic carbocycles. The molecule has 0 spiro atoms. The molecule has 1 atom stereocenters. The summed E-state index contributed by atoms with van der Waals surface area (Å²) in [5.74, 6) is -0.768. The minimum Gasteiger partial charge on any atom is -0.349 e. The zero-order valence-corrected chi connectivity index (χ0v) is 12.9. The fourth-order valence-corrected chi connectivity index (χ4v) is 2.13. The maximum Gasteiger partial charge on any atom is 0.241 e. The van der Waals surface area contributed by atoms with E-state index in [4.69, 9.17) is 11.6 Å². The van der Waals surface area contributed by atoms with Crippen molar-refractivity contribution in [3.8, 4) is 0 Å². The Kier molecular flexibility index (Phi) is 5.38. The molecule has 6 nitrogen and oxygen atoms in total. The van der Waals surface area contributed by atoms with E-state index < -0.39 is 6.04 Å². The van der Waals surface area contributed by atoms with Crippen molar-refractivity contribution in [2.24, 2.45) is 5.92 Å². The van der Waals surface area contributed by atoms with E-state index >= 15 is 0 Å². The second-order valence-electron chi connectivity index (χ2n) is 5.32. The van der Waals surface area contributed by atoms with Crippen LogP contribution in [0.4, 0.5) is 0 Å². The van der Waals surface area contributed by atoms with Crippen LogP contribution in [0, 0.1) is 5.92 Å². The van der Waals surface area contributed by atoms with E-state index in [0.29, 0.717) is 5.02 Å². The van der Waals surface area contributed by atoms with Crippen molar-refractivity contribution < 1.29 is 14.4 Å². The van der Waals surface area contributed by atoms with E-state index in [1.54, 1.807) is 24.3 Å². The predicted molar refractivity (Wildman–Crippen MR) is 81.6 cm³/mol. The van der Waals surface area contributed by atoms with Gasteiger partial charge in [0, 0.05) is 17.9 Å². The summed E-state index contributed by atoms with van der Waals surface area (Å²) >= 11 is 5.83. The first-order chi connectivity index (χ1) is 10.5. The minimum absolute atomic E-state index is 0.0164. The van der Waals surface area contributed by atoms with Gasteiger partial charge in [-0.15, -0.1) is 0 Å². The van der Waals surface area contributed by atoms with Crippen LogP contribution in [0.3, 0.4) is 0 Å². The predicted octanol–water partition coefficient (Wildman–Crippen LogP) is 1.46. The van der Waals surface area contributed by atoms with Crippen LogP contribution >= 0.6 is 11.6 Å². The number of carbonyl (C=O) groups is 3. The first-order valence-electron chi connectivity index (χ1n) is 7.07. The molecular weight excluding hydrogens is 306 g/mol. The summed E-state index contributed by atoms with van der Waals surface area (Å²) in [4.78, 5) is 34.7. The van der Waals surface area contributed by atoms with Gasteiger partial charge in [0.15, 0.2) is 0 Å². The Hall–Kier alpha value is -2.08. The molecule has 0 radical (unpaired) electrons. The molecule has 0 heterocycles. The van der Waals surface area contributed by atoms with E-state index in [0.717, 1.165) is 18.4 Å².